The van der Waals surface area contributed by atoms with E-state index in [0.29, 0.717) is 17.7 Å². The van der Waals surface area contributed by atoms with Gasteiger partial charge in [-0.25, -0.2) is 12.8 Å². The van der Waals surface area contributed by atoms with E-state index in [1.54, 1.807) is 17.8 Å². The number of nitro groups is 1. The molecule has 0 aromatic heterocycles. The molecule has 1 aliphatic heterocycles. The van der Waals surface area contributed by atoms with Crippen LogP contribution in [0.15, 0.2) is 46.2 Å². The molecular weight excluding hydrogens is 395 g/mol. The van der Waals surface area contributed by atoms with Crippen molar-refractivity contribution in [3.63, 3.8) is 0 Å². The summed E-state index contributed by atoms with van der Waals surface area (Å²) in [5.74, 6) is -0.367. The maximum atomic E-state index is 13.6. The molecule has 7 nitrogen and oxygen atoms in total. The van der Waals surface area contributed by atoms with Crippen molar-refractivity contribution in [2.24, 2.45) is 0 Å². The Morgan fingerprint density at radius 1 is 1.30 bits per heavy atom. The normalized spacial score (nSPS) is 16.4. The van der Waals surface area contributed by atoms with Gasteiger partial charge in [-0.15, -0.1) is 11.8 Å². The highest BCUT2D eigenvalue weighted by molar-refractivity contribution is 7.99. The fourth-order valence-electron chi connectivity index (χ4n) is 2.79. The molecule has 0 spiro atoms. The van der Waals surface area contributed by atoms with Gasteiger partial charge in [0.25, 0.3) is 11.6 Å². The van der Waals surface area contributed by atoms with E-state index in [1.165, 1.54) is 12.1 Å². The summed E-state index contributed by atoms with van der Waals surface area (Å²) < 4.78 is 37.1. The molecular formula is C17H15FN2O5S2. The number of thioether (sulfide) groups is 1. The number of sulfone groups is 1. The van der Waals surface area contributed by atoms with Crippen molar-refractivity contribution in [2.45, 2.75) is 22.3 Å². The molecule has 0 fully saturated rings. The van der Waals surface area contributed by atoms with Gasteiger partial charge in [0, 0.05) is 34.6 Å². The number of hydrogen-bond donors (Lipinski definition) is 1. The Balaban J connectivity index is 1.95. The van der Waals surface area contributed by atoms with Crippen LogP contribution in [-0.2, 0) is 9.84 Å². The quantitative estimate of drug-likeness (QED) is 0.613. The fraction of sp³-hybridized carbons (Fsp3) is 0.235. The lowest BCUT2D eigenvalue weighted by molar-refractivity contribution is -0.385. The number of nitrogens with one attached hydrogen (secondary N) is 1. The third-order valence-electron chi connectivity index (χ3n) is 4.11. The van der Waals surface area contributed by atoms with Gasteiger partial charge < -0.3 is 5.32 Å². The number of carbonyl (C=O) groups is 1. The molecule has 0 bridgehead atoms. The first-order valence-electron chi connectivity index (χ1n) is 7.88. The van der Waals surface area contributed by atoms with Crippen molar-refractivity contribution in [1.82, 2.24) is 5.32 Å². The van der Waals surface area contributed by atoms with Gasteiger partial charge in [0.05, 0.1) is 15.9 Å². The first kappa shape index (κ1) is 19.3. The first-order chi connectivity index (χ1) is 12.6. The second kappa shape index (κ2) is 7.28. The Hall–Kier alpha value is -2.46. The van der Waals surface area contributed by atoms with E-state index >= 15 is 0 Å². The Bertz CT molecular complexity index is 1040. The topological polar surface area (TPSA) is 106 Å². The van der Waals surface area contributed by atoms with Crippen LogP contribution in [-0.4, -0.2) is 31.3 Å². The number of nitrogens with zero attached hydrogens (tertiary/aromatic N) is 1. The van der Waals surface area contributed by atoms with Crippen molar-refractivity contribution in [3.8, 4) is 0 Å². The van der Waals surface area contributed by atoms with Crippen molar-refractivity contribution < 1.29 is 22.5 Å². The summed E-state index contributed by atoms with van der Waals surface area (Å²) in [5.41, 5.74) is 0.00268. The molecule has 3 rings (SSSR count). The number of non-ortho nitro benzene ring substituents is 1. The highest BCUT2D eigenvalue weighted by Gasteiger charge is 2.25. The highest BCUT2D eigenvalue weighted by atomic mass is 32.2. The van der Waals surface area contributed by atoms with Crippen molar-refractivity contribution in [3.05, 3.63) is 63.5 Å². The average molecular weight is 410 g/mol. The molecule has 1 atom stereocenters. The van der Waals surface area contributed by atoms with Gasteiger partial charge in [0.2, 0.25) is 0 Å². The summed E-state index contributed by atoms with van der Waals surface area (Å²) in [4.78, 5) is 23.5. The molecule has 0 saturated carbocycles. The fourth-order valence-corrected chi connectivity index (χ4v) is 4.57. The van der Waals surface area contributed by atoms with Crippen molar-refractivity contribution >= 4 is 33.2 Å². The summed E-state index contributed by atoms with van der Waals surface area (Å²) in [6.07, 6.45) is 1.46. The molecule has 0 radical (unpaired) electrons. The number of nitro benzene ring substituents is 1. The van der Waals surface area contributed by atoms with Crippen LogP contribution < -0.4 is 5.32 Å². The van der Waals surface area contributed by atoms with E-state index in [1.807, 2.05) is 0 Å². The van der Waals surface area contributed by atoms with E-state index in [-0.39, 0.29) is 10.5 Å². The van der Waals surface area contributed by atoms with Crippen LogP contribution in [0, 0.1) is 15.9 Å². The van der Waals surface area contributed by atoms with Crippen LogP contribution in [0.4, 0.5) is 10.1 Å². The minimum absolute atomic E-state index is 0.138. The SMILES string of the molecule is CS(=O)(=O)c1cc(C(=O)NC2CCSc3ccc(F)cc32)cc([N+](=O)[O-])c1. The average Bonchev–Trinajstić information content (AvgIpc) is 2.61. The molecule has 1 aliphatic rings. The maximum absolute atomic E-state index is 13.6. The molecule has 1 amide bonds. The molecule has 2 aromatic carbocycles. The summed E-state index contributed by atoms with van der Waals surface area (Å²) in [6.45, 7) is 0. The van der Waals surface area contributed by atoms with Gasteiger partial charge in [0.15, 0.2) is 9.84 Å². The van der Waals surface area contributed by atoms with Crippen LogP contribution in [0.25, 0.3) is 0 Å². The van der Waals surface area contributed by atoms with Crippen LogP contribution in [0.5, 0.6) is 0 Å². The molecule has 0 saturated heterocycles. The lowest BCUT2D eigenvalue weighted by atomic mass is 10.0. The van der Waals surface area contributed by atoms with Gasteiger partial charge in [-0.05, 0) is 36.2 Å². The number of carbonyl (C=O) groups excluding carboxylic acids is 1. The van der Waals surface area contributed by atoms with Crippen molar-refractivity contribution in [2.75, 3.05) is 12.0 Å². The largest absolute Gasteiger partial charge is 0.345 e. The number of halogens is 1. The summed E-state index contributed by atoms with van der Waals surface area (Å²) in [7, 11) is -3.74. The monoisotopic (exact) mass is 410 g/mol. The summed E-state index contributed by atoms with van der Waals surface area (Å²) >= 11 is 1.55. The van der Waals surface area contributed by atoms with E-state index < -0.39 is 38.2 Å². The smallest absolute Gasteiger partial charge is 0.271 e. The second-order valence-electron chi connectivity index (χ2n) is 6.09. The van der Waals surface area contributed by atoms with Gasteiger partial charge in [-0.2, -0.15) is 0 Å². The lowest BCUT2D eigenvalue weighted by Gasteiger charge is -2.26. The number of hydrogen-bond acceptors (Lipinski definition) is 6. The van der Waals surface area contributed by atoms with E-state index in [2.05, 4.69) is 5.32 Å². The minimum Gasteiger partial charge on any atom is -0.345 e. The zero-order chi connectivity index (χ0) is 19.8. The van der Waals surface area contributed by atoms with Gasteiger partial charge in [-0.1, -0.05) is 0 Å². The zero-order valence-corrected chi connectivity index (χ0v) is 15.8. The standard InChI is InChI=1S/C17H15FN2O5S2/c1-27(24,25)13-7-10(6-12(9-13)20(22)23)17(21)19-15-4-5-26-16-3-2-11(18)8-14(15)16/h2-3,6-9,15H,4-5H2,1H3,(H,19,21). The van der Waals surface area contributed by atoms with Crippen LogP contribution in [0.2, 0.25) is 0 Å². The first-order valence-corrected chi connectivity index (χ1v) is 10.8. The van der Waals surface area contributed by atoms with Crippen molar-refractivity contribution in [1.29, 1.82) is 0 Å². The Labute approximate surface area is 159 Å². The predicted molar refractivity (Wildman–Crippen MR) is 98.2 cm³/mol. The summed E-state index contributed by atoms with van der Waals surface area (Å²) in [5, 5.41) is 13.8. The minimum atomic E-state index is -3.74. The van der Waals surface area contributed by atoms with Gasteiger partial charge in [-0.3, -0.25) is 14.9 Å². The molecule has 10 heteroatoms. The van der Waals surface area contributed by atoms with Crippen LogP contribution in [0.3, 0.4) is 0 Å². The van der Waals surface area contributed by atoms with Crippen LogP contribution in [0.1, 0.15) is 28.4 Å². The van der Waals surface area contributed by atoms with Gasteiger partial charge in [0.1, 0.15) is 5.82 Å². The number of amides is 1. The van der Waals surface area contributed by atoms with E-state index in [4.69, 9.17) is 0 Å². The molecule has 0 aliphatic carbocycles. The third-order valence-corrected chi connectivity index (χ3v) is 6.32. The Kier molecular flexibility index (Phi) is 5.20. The maximum Gasteiger partial charge on any atom is 0.271 e. The van der Waals surface area contributed by atoms with Crippen LogP contribution >= 0.6 is 11.8 Å². The second-order valence-corrected chi connectivity index (χ2v) is 9.24. The molecule has 1 N–H and O–H groups in total. The zero-order valence-electron chi connectivity index (χ0n) is 14.1. The third kappa shape index (κ3) is 4.28. The number of rotatable bonds is 4. The molecule has 142 valence electrons. The molecule has 27 heavy (non-hydrogen) atoms. The van der Waals surface area contributed by atoms with E-state index in [0.717, 1.165) is 29.4 Å². The molecule has 1 unspecified atom stereocenters. The Morgan fingerprint density at radius 3 is 2.70 bits per heavy atom. The lowest BCUT2D eigenvalue weighted by Crippen LogP contribution is -2.31. The molecule has 1 heterocycles. The number of fused-ring (bicyclic) bond motifs is 1. The predicted octanol–water partition coefficient (Wildman–Crippen LogP) is 3.10. The number of benzene rings is 2. The Morgan fingerprint density at radius 2 is 2.04 bits per heavy atom. The van der Waals surface area contributed by atoms with E-state index in [9.17, 15) is 27.7 Å². The van der Waals surface area contributed by atoms with Gasteiger partial charge >= 0.3 is 0 Å². The summed E-state index contributed by atoms with van der Waals surface area (Å²) in [6, 6.07) is 6.90. The highest BCUT2D eigenvalue weighted by Crippen LogP contribution is 2.36. The molecule has 2 aromatic rings.